The molecular weight excluding hydrogens is 396 g/mol. The van der Waals surface area contributed by atoms with Gasteiger partial charge in [-0.1, -0.05) is 31.5 Å². The quantitative estimate of drug-likeness (QED) is 0.694. The van der Waals surface area contributed by atoms with Crippen molar-refractivity contribution in [3.8, 4) is 5.75 Å². The number of carbonyl (C=O) groups excluding carboxylic acids is 2. The molecule has 1 spiro atoms. The second kappa shape index (κ2) is 9.57. The Hall–Kier alpha value is -2.12. The van der Waals surface area contributed by atoms with Gasteiger partial charge in [-0.15, -0.1) is 0 Å². The summed E-state index contributed by atoms with van der Waals surface area (Å²) in [5.74, 6) is 0.197. The number of benzene rings is 1. The molecule has 3 fully saturated rings. The van der Waals surface area contributed by atoms with Crippen LogP contribution in [-0.2, 0) is 19.1 Å². The van der Waals surface area contributed by atoms with E-state index >= 15 is 0 Å². The van der Waals surface area contributed by atoms with Crippen molar-refractivity contribution in [3.05, 3.63) is 29.8 Å². The van der Waals surface area contributed by atoms with Crippen LogP contribution in [0.15, 0.2) is 24.3 Å². The van der Waals surface area contributed by atoms with Crippen LogP contribution in [0.3, 0.4) is 0 Å². The third-order valence-electron chi connectivity index (χ3n) is 6.88. The number of para-hydroxylation sites is 1. The van der Waals surface area contributed by atoms with Crippen LogP contribution in [0, 0.1) is 5.92 Å². The van der Waals surface area contributed by atoms with Crippen molar-refractivity contribution in [1.82, 2.24) is 9.80 Å². The van der Waals surface area contributed by atoms with Gasteiger partial charge in [-0.3, -0.25) is 9.59 Å². The fourth-order valence-electron chi connectivity index (χ4n) is 5.19. The van der Waals surface area contributed by atoms with Crippen LogP contribution in [0.2, 0.25) is 0 Å². The van der Waals surface area contributed by atoms with E-state index in [1.165, 1.54) is 0 Å². The van der Waals surface area contributed by atoms with Gasteiger partial charge in [0.25, 0.3) is 0 Å². The Kier molecular flexibility index (Phi) is 6.82. The monoisotopic (exact) mass is 430 g/mol. The van der Waals surface area contributed by atoms with Gasteiger partial charge in [0, 0.05) is 44.5 Å². The topological polar surface area (TPSA) is 68.3 Å². The van der Waals surface area contributed by atoms with Gasteiger partial charge in [0.15, 0.2) is 5.79 Å². The molecule has 3 aliphatic heterocycles. The lowest BCUT2D eigenvalue weighted by atomic mass is 9.82. The molecule has 4 rings (SSSR count). The summed E-state index contributed by atoms with van der Waals surface area (Å²) in [4.78, 5) is 30.5. The number of piperidine rings is 2. The summed E-state index contributed by atoms with van der Waals surface area (Å²) in [5, 5.41) is 0. The third kappa shape index (κ3) is 4.44. The van der Waals surface area contributed by atoms with Crippen LogP contribution in [0.4, 0.5) is 0 Å². The minimum atomic E-state index is -0.505. The molecule has 3 saturated heterocycles. The van der Waals surface area contributed by atoms with Crippen LogP contribution < -0.4 is 4.74 Å². The third-order valence-corrected chi connectivity index (χ3v) is 6.88. The molecule has 7 heteroatoms. The lowest BCUT2D eigenvalue weighted by Gasteiger charge is -2.44. The average molecular weight is 431 g/mol. The molecule has 2 amide bonds. The maximum atomic E-state index is 13.7. The van der Waals surface area contributed by atoms with E-state index in [1.807, 2.05) is 34.1 Å². The highest BCUT2D eigenvalue weighted by molar-refractivity contribution is 5.85. The highest BCUT2D eigenvalue weighted by atomic mass is 16.7. The predicted octanol–water partition coefficient (Wildman–Crippen LogP) is 3.14. The maximum absolute atomic E-state index is 13.7. The van der Waals surface area contributed by atoms with Crippen molar-refractivity contribution in [1.29, 1.82) is 0 Å². The summed E-state index contributed by atoms with van der Waals surface area (Å²) < 4.78 is 17.3. The number of carbonyl (C=O) groups is 2. The summed E-state index contributed by atoms with van der Waals surface area (Å²) in [5.41, 5.74) is 0.920. The number of nitrogens with zero attached hydrogens (tertiary/aromatic N) is 2. The molecule has 3 aliphatic rings. The van der Waals surface area contributed by atoms with E-state index in [4.69, 9.17) is 14.2 Å². The van der Waals surface area contributed by atoms with E-state index in [-0.39, 0.29) is 23.8 Å². The van der Waals surface area contributed by atoms with Crippen LogP contribution >= 0.6 is 0 Å². The van der Waals surface area contributed by atoms with Gasteiger partial charge in [-0.05, 0) is 18.9 Å². The largest absolute Gasteiger partial charge is 0.496 e. The average Bonchev–Trinajstić information content (AvgIpc) is 3.26. The fourth-order valence-corrected chi connectivity index (χ4v) is 5.19. The van der Waals surface area contributed by atoms with Gasteiger partial charge < -0.3 is 24.0 Å². The highest BCUT2D eigenvalue weighted by Gasteiger charge is 2.46. The Balaban J connectivity index is 1.59. The molecule has 0 aliphatic carbocycles. The van der Waals surface area contributed by atoms with Crippen molar-refractivity contribution in [2.45, 2.75) is 57.3 Å². The number of ether oxygens (including phenoxy) is 3. The molecule has 0 bridgehead atoms. The molecule has 0 radical (unpaired) electrons. The van der Waals surface area contributed by atoms with Gasteiger partial charge in [0.1, 0.15) is 5.75 Å². The summed E-state index contributed by atoms with van der Waals surface area (Å²) in [7, 11) is 1.64. The van der Waals surface area contributed by atoms with Crippen LogP contribution in [0.1, 0.15) is 57.1 Å². The molecule has 0 aromatic heterocycles. The van der Waals surface area contributed by atoms with E-state index in [1.54, 1.807) is 7.11 Å². The van der Waals surface area contributed by atoms with Gasteiger partial charge in [0.05, 0.1) is 32.3 Å². The lowest BCUT2D eigenvalue weighted by Crippen LogP contribution is -2.53. The summed E-state index contributed by atoms with van der Waals surface area (Å²) in [6, 6.07) is 7.48. The van der Waals surface area contributed by atoms with Crippen molar-refractivity contribution < 1.29 is 23.8 Å². The van der Waals surface area contributed by atoms with Gasteiger partial charge >= 0.3 is 0 Å². The number of amides is 2. The molecule has 2 atom stereocenters. The summed E-state index contributed by atoms with van der Waals surface area (Å²) in [6.45, 7) is 5.27. The lowest BCUT2D eigenvalue weighted by molar-refractivity contribution is -0.189. The number of hydrogen-bond donors (Lipinski definition) is 0. The fraction of sp³-hybridized carbons (Fsp3) is 0.667. The van der Waals surface area contributed by atoms with Crippen molar-refractivity contribution in [2.75, 3.05) is 40.0 Å². The molecule has 0 saturated carbocycles. The Morgan fingerprint density at radius 2 is 1.90 bits per heavy atom. The number of likely N-dealkylation sites (tertiary alicyclic amines) is 2. The Labute approximate surface area is 184 Å². The molecule has 0 N–H and O–H groups in total. The highest BCUT2D eigenvalue weighted by Crippen LogP contribution is 2.42. The molecule has 7 nitrogen and oxygen atoms in total. The first kappa shape index (κ1) is 22.1. The number of rotatable bonds is 6. The van der Waals surface area contributed by atoms with Gasteiger partial charge in [0.2, 0.25) is 11.8 Å². The summed E-state index contributed by atoms with van der Waals surface area (Å²) in [6.07, 6.45) is 4.29. The van der Waals surface area contributed by atoms with Crippen molar-refractivity contribution in [3.63, 3.8) is 0 Å². The predicted molar refractivity (Wildman–Crippen MR) is 116 cm³/mol. The summed E-state index contributed by atoms with van der Waals surface area (Å²) >= 11 is 0. The zero-order chi connectivity index (χ0) is 21.8. The molecule has 31 heavy (non-hydrogen) atoms. The Morgan fingerprint density at radius 3 is 2.58 bits per heavy atom. The zero-order valence-corrected chi connectivity index (χ0v) is 18.7. The standard InChI is InChI=1S/C24H34N2O5/c1-3-4-13-26-21(27)10-9-19(22(26)18-7-5-6-8-20(18)29-2)23(28)25-14-11-24(12-15-25)30-16-17-31-24/h5-8,19,22H,3-4,9-17H2,1-2H3. The van der Waals surface area contributed by atoms with Crippen LogP contribution in [0.25, 0.3) is 0 Å². The Bertz CT molecular complexity index is 782. The van der Waals surface area contributed by atoms with E-state index in [0.29, 0.717) is 58.5 Å². The first-order valence-electron chi connectivity index (χ1n) is 11.6. The SMILES string of the molecule is CCCCN1C(=O)CCC(C(=O)N2CCC3(CC2)OCCO3)C1c1ccccc1OC. The van der Waals surface area contributed by atoms with E-state index in [2.05, 4.69) is 6.92 Å². The number of unbranched alkanes of at least 4 members (excludes halogenated alkanes) is 1. The van der Waals surface area contributed by atoms with E-state index < -0.39 is 5.79 Å². The molecule has 2 unspecified atom stereocenters. The van der Waals surface area contributed by atoms with Gasteiger partial charge in [-0.2, -0.15) is 0 Å². The van der Waals surface area contributed by atoms with Crippen LogP contribution in [0.5, 0.6) is 5.75 Å². The number of methoxy groups -OCH3 is 1. The second-order valence-corrected chi connectivity index (χ2v) is 8.71. The molecule has 1 aromatic carbocycles. The first-order chi connectivity index (χ1) is 15.1. The van der Waals surface area contributed by atoms with Crippen molar-refractivity contribution >= 4 is 11.8 Å². The van der Waals surface area contributed by atoms with Crippen LogP contribution in [-0.4, -0.2) is 67.4 Å². The number of hydrogen-bond acceptors (Lipinski definition) is 5. The zero-order valence-electron chi connectivity index (χ0n) is 18.7. The molecule has 3 heterocycles. The maximum Gasteiger partial charge on any atom is 0.228 e. The van der Waals surface area contributed by atoms with E-state index in [0.717, 1.165) is 24.2 Å². The van der Waals surface area contributed by atoms with Crippen molar-refractivity contribution in [2.24, 2.45) is 5.92 Å². The Morgan fingerprint density at radius 1 is 1.19 bits per heavy atom. The minimum absolute atomic E-state index is 0.123. The normalized spacial score (nSPS) is 25.8. The van der Waals surface area contributed by atoms with Gasteiger partial charge in [-0.25, -0.2) is 0 Å². The molecular formula is C24H34N2O5. The molecule has 170 valence electrons. The molecule has 1 aromatic rings. The first-order valence-corrected chi connectivity index (χ1v) is 11.6. The minimum Gasteiger partial charge on any atom is -0.496 e. The smallest absolute Gasteiger partial charge is 0.228 e. The van der Waals surface area contributed by atoms with E-state index in [9.17, 15) is 9.59 Å². The second-order valence-electron chi connectivity index (χ2n) is 8.71.